The number of benzene rings is 1. The molecule has 69 heavy (non-hydrogen) atoms. The van der Waals surface area contributed by atoms with Gasteiger partial charge in [-0.3, -0.25) is 33.7 Å². The number of rotatable bonds is 23. The molecule has 2 fully saturated rings. The zero-order chi connectivity index (χ0) is 51.9. The van der Waals surface area contributed by atoms with Gasteiger partial charge in [0.15, 0.2) is 0 Å². The van der Waals surface area contributed by atoms with Gasteiger partial charge < -0.3 is 50.2 Å². The number of hydrogen-bond donors (Lipinski definition) is 4. The van der Waals surface area contributed by atoms with Crippen LogP contribution < -0.4 is 21.3 Å². The van der Waals surface area contributed by atoms with E-state index >= 15 is 0 Å². The normalized spacial score (nSPS) is 20.0. The zero-order valence-corrected chi connectivity index (χ0v) is 44.3. The number of ether oxygens (including phenoxy) is 3. The van der Waals surface area contributed by atoms with Crippen LogP contribution in [0.2, 0.25) is 0 Å². The van der Waals surface area contributed by atoms with Crippen LogP contribution in [-0.2, 0) is 49.4 Å². The van der Waals surface area contributed by atoms with Gasteiger partial charge in [0.25, 0.3) is 0 Å². The molecule has 390 valence electrons. The molecule has 2 aliphatic heterocycles. The number of nitrogens with one attached hydrogen (secondary N) is 4. The number of piperidine rings is 1. The Labute approximate surface area is 412 Å². The van der Waals surface area contributed by atoms with E-state index in [1.807, 2.05) is 58.7 Å². The molecule has 0 radical (unpaired) electrons. The first-order chi connectivity index (χ1) is 32.3. The van der Waals surface area contributed by atoms with Crippen molar-refractivity contribution in [3.63, 3.8) is 0 Å². The lowest BCUT2D eigenvalue weighted by molar-refractivity contribution is -0.149. The highest BCUT2D eigenvalue weighted by Gasteiger charge is 2.43. The zero-order valence-electron chi connectivity index (χ0n) is 44.3. The molecule has 0 saturated carbocycles. The summed E-state index contributed by atoms with van der Waals surface area (Å²) < 4.78 is 17.3. The number of methoxy groups -OCH3 is 2. The Morgan fingerprint density at radius 3 is 2.09 bits per heavy atom. The largest absolute Gasteiger partial charge is 0.444 e. The van der Waals surface area contributed by atoms with E-state index in [0.29, 0.717) is 31.6 Å². The maximum atomic E-state index is 14.4. The Morgan fingerprint density at radius 1 is 0.826 bits per heavy atom. The molecule has 0 bridgehead atoms. The van der Waals surface area contributed by atoms with Crippen LogP contribution in [0.5, 0.6) is 0 Å². The number of amides is 7. The maximum Gasteiger partial charge on any atom is 0.408 e. The molecule has 1 aromatic carbocycles. The Hall–Kier alpha value is -4.81. The smallest absolute Gasteiger partial charge is 0.408 e. The van der Waals surface area contributed by atoms with E-state index in [1.54, 1.807) is 77.9 Å². The van der Waals surface area contributed by atoms with Gasteiger partial charge in [-0.05, 0) is 110 Å². The number of carbonyl (C=O) groups excluding carboxylic acids is 7. The first kappa shape index (κ1) is 58.5. The fraction of sp³-hybridized carbons (Fsp3) is 0.745. The lowest BCUT2D eigenvalue weighted by Crippen LogP contribution is -2.59. The van der Waals surface area contributed by atoms with Gasteiger partial charge in [-0.15, -0.1) is 0 Å². The summed E-state index contributed by atoms with van der Waals surface area (Å²) in [6.07, 6.45) is 3.42. The number of alkyl carbamates (subject to hydrolysis) is 1. The maximum absolute atomic E-state index is 14.4. The van der Waals surface area contributed by atoms with Crippen LogP contribution in [-0.4, -0.2) is 170 Å². The third kappa shape index (κ3) is 16.9. The lowest BCUT2D eigenvalue weighted by atomic mass is 9.89. The Kier molecular flexibility index (Phi) is 22.9. The van der Waals surface area contributed by atoms with Gasteiger partial charge in [0, 0.05) is 47.1 Å². The fourth-order valence-corrected chi connectivity index (χ4v) is 9.45. The molecule has 0 spiro atoms. The van der Waals surface area contributed by atoms with Crippen LogP contribution >= 0.6 is 0 Å². The third-order valence-corrected chi connectivity index (χ3v) is 13.7. The molecule has 3 rings (SSSR count). The van der Waals surface area contributed by atoms with E-state index in [0.717, 1.165) is 44.2 Å². The SMILES string of the molecule is CC[C@H](C)[C@@H]([C@@H](CC(=O)N1CCC[C@H]1[C@H](OC)[C@@H](C)C(=O)N(C)CCc1cccc(NC(=O)[C@H](C)NC(=O)[C@H](C)NC(=O)OC(C)(C)C)c1)OC)N(C)C(=O)[C@@H](NC(=O)[C@H]1CCCCN1C)C(C)C. The summed E-state index contributed by atoms with van der Waals surface area (Å²) in [6, 6.07) is 3.55. The van der Waals surface area contributed by atoms with Crippen LogP contribution in [0, 0.1) is 17.8 Å². The molecule has 1 aromatic rings. The molecular weight excluding hydrogens is 885 g/mol. The molecule has 10 atom stereocenters. The molecule has 0 unspecified atom stereocenters. The van der Waals surface area contributed by atoms with Gasteiger partial charge in [0.2, 0.25) is 35.4 Å². The summed E-state index contributed by atoms with van der Waals surface area (Å²) in [5.41, 5.74) is 0.656. The molecule has 2 aliphatic rings. The highest BCUT2D eigenvalue weighted by atomic mass is 16.6. The van der Waals surface area contributed by atoms with Crippen molar-refractivity contribution >= 4 is 47.2 Å². The van der Waals surface area contributed by atoms with E-state index in [-0.39, 0.29) is 54.0 Å². The van der Waals surface area contributed by atoms with Gasteiger partial charge in [-0.2, -0.15) is 0 Å². The van der Waals surface area contributed by atoms with Crippen molar-refractivity contribution in [1.29, 1.82) is 0 Å². The average Bonchev–Trinajstić information content (AvgIpc) is 3.78. The van der Waals surface area contributed by atoms with Crippen molar-refractivity contribution in [2.75, 3.05) is 60.3 Å². The van der Waals surface area contributed by atoms with E-state index in [2.05, 4.69) is 26.2 Å². The second-order valence-electron chi connectivity index (χ2n) is 20.6. The first-order valence-corrected chi connectivity index (χ1v) is 24.9. The number of carbonyl (C=O) groups is 7. The van der Waals surface area contributed by atoms with Gasteiger partial charge in [-0.1, -0.05) is 59.6 Å². The second kappa shape index (κ2) is 27.0. The van der Waals surface area contributed by atoms with Crippen molar-refractivity contribution in [2.45, 2.75) is 175 Å². The third-order valence-electron chi connectivity index (χ3n) is 13.7. The van der Waals surface area contributed by atoms with Crippen molar-refractivity contribution in [3.05, 3.63) is 29.8 Å². The van der Waals surface area contributed by atoms with Crippen LogP contribution in [0.4, 0.5) is 10.5 Å². The van der Waals surface area contributed by atoms with E-state index in [4.69, 9.17) is 14.2 Å². The minimum Gasteiger partial charge on any atom is -0.444 e. The van der Waals surface area contributed by atoms with E-state index < -0.39 is 65.8 Å². The number of nitrogens with zero attached hydrogens (tertiary/aromatic N) is 4. The Morgan fingerprint density at radius 2 is 1.49 bits per heavy atom. The second-order valence-corrected chi connectivity index (χ2v) is 20.6. The number of hydrogen-bond acceptors (Lipinski definition) is 11. The topological polar surface area (TPSA) is 208 Å². The highest BCUT2D eigenvalue weighted by molar-refractivity contribution is 5.98. The summed E-state index contributed by atoms with van der Waals surface area (Å²) in [5.74, 6) is -2.44. The molecule has 2 saturated heterocycles. The Balaban J connectivity index is 1.64. The van der Waals surface area contributed by atoms with E-state index in [1.165, 1.54) is 6.92 Å². The van der Waals surface area contributed by atoms with Crippen molar-refractivity contribution < 1.29 is 47.8 Å². The van der Waals surface area contributed by atoms with Crippen molar-refractivity contribution in [1.82, 2.24) is 35.6 Å². The number of anilines is 1. The molecule has 18 heteroatoms. The monoisotopic (exact) mass is 971 g/mol. The standard InChI is InChI=1S/C51H86N8O10/c1-16-32(4)43(58(13)49(65)42(31(2)3)55-47(63)39-23-17-18-26-56(39)11)40(67-14)30-41(60)59-27-20-24-38(59)44(68-15)33(5)48(64)57(12)28-25-36-21-19-22-37(29-36)54-46(62)34(6)52-45(61)35(7)53-50(66)69-51(8,9)10/h19,21-22,29,31-35,38-40,42-44H,16-18,20,23-28,30H2,1-15H3,(H,52,61)(H,53,66)(H,54,62)(H,55,63)/t32-,33+,34-,35-,38-,39+,40+,42-,43-,44+/m0/s1. The number of likely N-dealkylation sites (N-methyl/N-ethyl adjacent to an activating group) is 3. The fourth-order valence-electron chi connectivity index (χ4n) is 9.45. The predicted molar refractivity (Wildman–Crippen MR) is 266 cm³/mol. The summed E-state index contributed by atoms with van der Waals surface area (Å²) in [4.78, 5) is 101. The lowest BCUT2D eigenvalue weighted by Gasteiger charge is -2.41. The van der Waals surface area contributed by atoms with Gasteiger partial charge in [-0.25, -0.2) is 4.79 Å². The molecule has 2 heterocycles. The summed E-state index contributed by atoms with van der Waals surface area (Å²) in [7, 11) is 8.55. The van der Waals surface area contributed by atoms with Gasteiger partial charge in [0.05, 0.1) is 42.7 Å². The van der Waals surface area contributed by atoms with E-state index in [9.17, 15) is 33.6 Å². The highest BCUT2D eigenvalue weighted by Crippen LogP contribution is 2.30. The number of likely N-dealkylation sites (tertiary alicyclic amines) is 2. The van der Waals surface area contributed by atoms with Crippen LogP contribution in [0.1, 0.15) is 120 Å². The van der Waals surface area contributed by atoms with Crippen LogP contribution in [0.15, 0.2) is 24.3 Å². The summed E-state index contributed by atoms with van der Waals surface area (Å²) in [6.45, 7) is 19.7. The molecular formula is C51H86N8O10. The molecule has 4 N–H and O–H groups in total. The first-order valence-electron chi connectivity index (χ1n) is 24.9. The summed E-state index contributed by atoms with van der Waals surface area (Å²) in [5, 5.41) is 11.0. The summed E-state index contributed by atoms with van der Waals surface area (Å²) >= 11 is 0. The van der Waals surface area contributed by atoms with Gasteiger partial charge in [0.1, 0.15) is 23.7 Å². The molecule has 18 nitrogen and oxygen atoms in total. The minimum absolute atomic E-state index is 0.0173. The molecule has 0 aliphatic carbocycles. The van der Waals surface area contributed by atoms with Crippen LogP contribution in [0.3, 0.4) is 0 Å². The molecule has 0 aromatic heterocycles. The average molecular weight is 971 g/mol. The Bertz CT molecular complexity index is 1890. The van der Waals surface area contributed by atoms with Crippen molar-refractivity contribution in [3.8, 4) is 0 Å². The molecule has 7 amide bonds. The quantitative estimate of drug-likeness (QED) is 0.119. The minimum atomic E-state index is -0.937. The van der Waals surface area contributed by atoms with Gasteiger partial charge >= 0.3 is 6.09 Å². The van der Waals surface area contributed by atoms with Crippen molar-refractivity contribution in [2.24, 2.45) is 17.8 Å². The predicted octanol–water partition coefficient (Wildman–Crippen LogP) is 4.59. The van der Waals surface area contributed by atoms with Crippen LogP contribution in [0.25, 0.3) is 0 Å².